The van der Waals surface area contributed by atoms with Crippen LogP contribution in [0.15, 0.2) is 158 Å². The second-order valence-corrected chi connectivity index (χ2v) is 18.7. The number of aryl methyl sites for hydroxylation is 2. The zero-order valence-electron chi connectivity index (χ0n) is 29.2. The van der Waals surface area contributed by atoms with Crippen LogP contribution < -0.4 is 0 Å². The molecule has 11 aromatic rings. The molecule has 3 aromatic heterocycles. The van der Waals surface area contributed by atoms with E-state index in [2.05, 4.69) is 172 Å². The number of fused-ring (bicyclic) bond motifs is 7. The summed E-state index contributed by atoms with van der Waals surface area (Å²) < 4.78 is 2.94. The standard InChI is InChI=1S/C50H32S2Se/c1-29-25-27-42(51-29)47-35-17-7-3-13-31(35)45(32-14-4-8-18-36(32)47)39-21-12-24-44-49(39)41-23-11-22-40(50(41)53-44)46-33-15-5-9-19-37(33)48(43-28-26-30(2)52-43)38-20-10-6-16-34(38)46/h3-28H,1-2H3. The molecule has 11 rings (SSSR count). The van der Waals surface area contributed by atoms with Gasteiger partial charge in [0.1, 0.15) is 0 Å². The maximum absolute atomic E-state index is 2.39. The van der Waals surface area contributed by atoms with Crippen molar-refractivity contribution in [2.75, 3.05) is 0 Å². The molecule has 0 aliphatic carbocycles. The van der Waals surface area contributed by atoms with E-state index in [4.69, 9.17) is 0 Å². The Kier molecular flexibility index (Phi) is 7.16. The third-order valence-electron chi connectivity index (χ3n) is 10.9. The molecule has 3 heterocycles. The van der Waals surface area contributed by atoms with E-state index in [9.17, 15) is 0 Å². The van der Waals surface area contributed by atoms with Crippen molar-refractivity contribution in [1.82, 2.24) is 0 Å². The number of rotatable bonds is 4. The van der Waals surface area contributed by atoms with Crippen LogP contribution in [0.5, 0.6) is 0 Å². The molecular formula is C50H32S2Se. The molecule has 0 aliphatic heterocycles. The number of benzene rings is 8. The molecule has 0 fully saturated rings. The first-order valence-electron chi connectivity index (χ1n) is 18.1. The summed E-state index contributed by atoms with van der Waals surface area (Å²) >= 11 is 3.92. The van der Waals surface area contributed by atoms with Gasteiger partial charge in [-0.15, -0.1) is 0 Å². The van der Waals surface area contributed by atoms with Crippen LogP contribution in [0, 0.1) is 13.8 Å². The Morgan fingerprint density at radius 2 is 0.717 bits per heavy atom. The van der Waals surface area contributed by atoms with Crippen molar-refractivity contribution in [1.29, 1.82) is 0 Å². The van der Waals surface area contributed by atoms with Gasteiger partial charge in [0, 0.05) is 0 Å². The zero-order chi connectivity index (χ0) is 35.2. The Labute approximate surface area is 322 Å². The predicted molar refractivity (Wildman–Crippen MR) is 235 cm³/mol. The van der Waals surface area contributed by atoms with Crippen molar-refractivity contribution in [2.45, 2.75) is 13.8 Å². The molecule has 53 heavy (non-hydrogen) atoms. The van der Waals surface area contributed by atoms with Crippen LogP contribution in [0.25, 0.3) is 106 Å². The fourth-order valence-corrected chi connectivity index (χ4v) is 13.3. The molecule has 3 heteroatoms. The van der Waals surface area contributed by atoms with Crippen molar-refractivity contribution >= 4 is 99.6 Å². The molecule has 0 atom stereocenters. The average molecular weight is 776 g/mol. The summed E-state index contributed by atoms with van der Waals surface area (Å²) in [5.74, 6) is 0. The van der Waals surface area contributed by atoms with Gasteiger partial charge in [-0.1, -0.05) is 0 Å². The van der Waals surface area contributed by atoms with E-state index in [0.717, 1.165) is 0 Å². The van der Waals surface area contributed by atoms with Crippen LogP contribution in [-0.2, 0) is 0 Å². The molecule has 0 spiro atoms. The van der Waals surface area contributed by atoms with Gasteiger partial charge < -0.3 is 0 Å². The monoisotopic (exact) mass is 776 g/mol. The van der Waals surface area contributed by atoms with E-state index >= 15 is 0 Å². The Hall–Kier alpha value is -5.28. The van der Waals surface area contributed by atoms with Crippen molar-refractivity contribution in [3.63, 3.8) is 0 Å². The van der Waals surface area contributed by atoms with Gasteiger partial charge in [0.2, 0.25) is 0 Å². The summed E-state index contributed by atoms with van der Waals surface area (Å²) in [6, 6.07) is 59.5. The SMILES string of the molecule is Cc1ccc(-c2c3ccccc3c(-c3cccc4c3[se]c3cccc(-c5c6ccccc6c(-c6ccc(C)s6)c6ccccc56)c34)c3ccccc23)s1. The van der Waals surface area contributed by atoms with E-state index in [0.29, 0.717) is 0 Å². The summed E-state index contributed by atoms with van der Waals surface area (Å²) in [5.41, 5.74) is 8.08. The van der Waals surface area contributed by atoms with Gasteiger partial charge in [0.15, 0.2) is 0 Å². The quantitative estimate of drug-likeness (QED) is 0.123. The summed E-state index contributed by atoms with van der Waals surface area (Å²) in [5, 5.41) is 13.3. The van der Waals surface area contributed by atoms with Crippen molar-refractivity contribution < 1.29 is 0 Å². The van der Waals surface area contributed by atoms with Crippen molar-refractivity contribution in [3.8, 4) is 43.1 Å². The first-order chi connectivity index (χ1) is 26.1. The molecule has 0 radical (unpaired) electrons. The molecule has 0 aliphatic rings. The second-order valence-electron chi connectivity index (χ2n) is 14.0. The number of thiophene rings is 2. The van der Waals surface area contributed by atoms with Gasteiger partial charge in [0.25, 0.3) is 0 Å². The van der Waals surface area contributed by atoms with E-state index in [1.54, 1.807) is 0 Å². The van der Waals surface area contributed by atoms with Gasteiger partial charge in [-0.25, -0.2) is 0 Å². The molecule has 0 N–H and O–H groups in total. The molecule has 0 nitrogen and oxygen atoms in total. The van der Waals surface area contributed by atoms with Crippen LogP contribution in [0.3, 0.4) is 0 Å². The van der Waals surface area contributed by atoms with Crippen molar-refractivity contribution in [2.24, 2.45) is 0 Å². The Morgan fingerprint density at radius 3 is 1.15 bits per heavy atom. The third-order valence-corrected chi connectivity index (χ3v) is 15.5. The summed E-state index contributed by atoms with van der Waals surface area (Å²) in [7, 11) is 0. The first kappa shape index (κ1) is 31.3. The Morgan fingerprint density at radius 1 is 0.340 bits per heavy atom. The molecule has 0 unspecified atom stereocenters. The zero-order valence-corrected chi connectivity index (χ0v) is 32.6. The molecule has 250 valence electrons. The minimum atomic E-state index is 0.142. The molecule has 8 aromatic carbocycles. The predicted octanol–water partition coefficient (Wildman–Crippen LogP) is 15.1. The van der Waals surface area contributed by atoms with Gasteiger partial charge in [-0.05, 0) is 0 Å². The molecular weight excluding hydrogens is 744 g/mol. The van der Waals surface area contributed by atoms with E-state index in [-0.39, 0.29) is 14.5 Å². The van der Waals surface area contributed by atoms with Gasteiger partial charge in [-0.3, -0.25) is 0 Å². The summed E-state index contributed by atoms with van der Waals surface area (Å²) in [6.45, 7) is 4.41. The topological polar surface area (TPSA) is 0 Å². The van der Waals surface area contributed by atoms with Gasteiger partial charge in [-0.2, -0.15) is 0 Å². The normalized spacial score (nSPS) is 12.0. The van der Waals surface area contributed by atoms with Crippen LogP contribution in [0.1, 0.15) is 9.75 Å². The molecule has 0 amide bonds. The number of hydrogen-bond acceptors (Lipinski definition) is 2. The fraction of sp³-hybridized carbons (Fsp3) is 0.0400. The van der Waals surface area contributed by atoms with Crippen molar-refractivity contribution in [3.05, 3.63) is 167 Å². The van der Waals surface area contributed by atoms with E-state index < -0.39 is 0 Å². The van der Waals surface area contributed by atoms with Crippen LogP contribution in [0.2, 0.25) is 0 Å². The van der Waals surface area contributed by atoms with Crippen LogP contribution in [0.4, 0.5) is 0 Å². The van der Waals surface area contributed by atoms with Crippen LogP contribution in [-0.4, -0.2) is 14.5 Å². The van der Waals surface area contributed by atoms with Gasteiger partial charge >= 0.3 is 324 Å². The average Bonchev–Trinajstić information content (AvgIpc) is 3.94. The first-order valence-corrected chi connectivity index (χ1v) is 21.4. The van der Waals surface area contributed by atoms with E-state index in [1.807, 2.05) is 22.7 Å². The summed E-state index contributed by atoms with van der Waals surface area (Å²) in [6.07, 6.45) is 0. The fourth-order valence-electron chi connectivity index (χ4n) is 8.76. The minimum absolute atomic E-state index is 0.142. The summed E-state index contributed by atoms with van der Waals surface area (Å²) in [4.78, 5) is 5.34. The maximum atomic E-state index is 2.39. The van der Waals surface area contributed by atoms with E-state index in [1.165, 1.54) is 115 Å². The third kappa shape index (κ3) is 4.72. The molecule has 0 bridgehead atoms. The molecule has 0 saturated carbocycles. The Balaban J connectivity index is 1.24. The van der Waals surface area contributed by atoms with Gasteiger partial charge in [0.05, 0.1) is 0 Å². The van der Waals surface area contributed by atoms with Crippen LogP contribution >= 0.6 is 22.7 Å². The Bertz CT molecular complexity index is 3150. The molecule has 0 saturated heterocycles. The number of hydrogen-bond donors (Lipinski definition) is 0. The second kappa shape index (κ2) is 12.1.